The summed E-state index contributed by atoms with van der Waals surface area (Å²) < 4.78 is 12.9. The van der Waals surface area contributed by atoms with Crippen LogP contribution in [0.4, 0.5) is 0 Å². The Kier molecular flexibility index (Phi) is 6.57. The molecule has 0 saturated heterocycles. The van der Waals surface area contributed by atoms with E-state index in [1.807, 2.05) is 34.2 Å². The summed E-state index contributed by atoms with van der Waals surface area (Å²) in [5.41, 5.74) is 2.64. The summed E-state index contributed by atoms with van der Waals surface area (Å²) in [5, 5.41) is 5.28. The maximum Gasteiger partial charge on any atom is 0.226 e. The largest absolute Gasteiger partial charge is 0.497 e. The third-order valence-electron chi connectivity index (χ3n) is 5.78. The standard InChI is InChI=1S/C23H29N3O3S/c1-28-18-10-11-21(29-2)19(13-18)20-14-26-17(15-30-23(26)25-20)12-22(27)24-16-8-6-4-3-5-7-9-16/h10-11,13-16H,3-9,12H2,1-2H3,(H,24,27). The Labute approximate surface area is 181 Å². The molecule has 0 bridgehead atoms. The number of benzene rings is 1. The Morgan fingerprint density at radius 3 is 2.67 bits per heavy atom. The third-order valence-corrected chi connectivity index (χ3v) is 6.67. The minimum Gasteiger partial charge on any atom is -0.497 e. The van der Waals surface area contributed by atoms with E-state index in [1.165, 1.54) is 32.1 Å². The third kappa shape index (κ3) is 4.61. The van der Waals surface area contributed by atoms with Crippen molar-refractivity contribution >= 4 is 22.2 Å². The van der Waals surface area contributed by atoms with Crippen LogP contribution in [0.3, 0.4) is 0 Å². The number of nitrogens with one attached hydrogen (secondary N) is 1. The van der Waals surface area contributed by atoms with E-state index < -0.39 is 0 Å². The van der Waals surface area contributed by atoms with Crippen LogP contribution in [0, 0.1) is 0 Å². The fourth-order valence-corrected chi connectivity index (χ4v) is 5.02. The van der Waals surface area contributed by atoms with E-state index in [4.69, 9.17) is 14.5 Å². The van der Waals surface area contributed by atoms with Crippen LogP contribution in [0.25, 0.3) is 16.2 Å². The van der Waals surface area contributed by atoms with Crippen LogP contribution in [0.2, 0.25) is 0 Å². The molecule has 1 aliphatic carbocycles. The van der Waals surface area contributed by atoms with Gasteiger partial charge < -0.3 is 14.8 Å². The maximum atomic E-state index is 12.7. The van der Waals surface area contributed by atoms with Crippen LogP contribution in [-0.4, -0.2) is 35.6 Å². The first-order valence-electron chi connectivity index (χ1n) is 10.6. The highest BCUT2D eigenvalue weighted by Gasteiger charge is 2.18. The van der Waals surface area contributed by atoms with Crippen molar-refractivity contribution in [1.82, 2.24) is 14.7 Å². The molecule has 3 aromatic rings. The number of hydrogen-bond donors (Lipinski definition) is 1. The van der Waals surface area contributed by atoms with E-state index in [1.54, 1.807) is 25.6 Å². The number of ether oxygens (including phenoxy) is 2. The molecule has 1 saturated carbocycles. The molecule has 1 N–H and O–H groups in total. The SMILES string of the molecule is COc1ccc(OC)c(-c2cn3c(CC(=O)NC4CCCCCCC4)csc3n2)c1. The zero-order chi connectivity index (χ0) is 20.9. The monoisotopic (exact) mass is 427 g/mol. The molecule has 1 aromatic carbocycles. The summed E-state index contributed by atoms with van der Waals surface area (Å²) in [6, 6.07) is 5.98. The molecule has 30 heavy (non-hydrogen) atoms. The first-order chi connectivity index (χ1) is 14.7. The number of aromatic nitrogens is 2. The number of carbonyl (C=O) groups excluding carboxylic acids is 1. The van der Waals surface area contributed by atoms with Gasteiger partial charge in [0.1, 0.15) is 11.5 Å². The topological polar surface area (TPSA) is 64.9 Å². The number of rotatable bonds is 6. The second-order valence-electron chi connectivity index (χ2n) is 7.86. The normalized spacial score (nSPS) is 15.5. The predicted molar refractivity (Wildman–Crippen MR) is 120 cm³/mol. The van der Waals surface area contributed by atoms with Crippen molar-refractivity contribution in [3.8, 4) is 22.8 Å². The van der Waals surface area contributed by atoms with Crippen molar-refractivity contribution in [2.75, 3.05) is 14.2 Å². The molecule has 4 rings (SSSR count). The molecule has 7 heteroatoms. The van der Waals surface area contributed by atoms with Gasteiger partial charge in [0.15, 0.2) is 4.96 Å². The molecule has 2 heterocycles. The number of hydrogen-bond acceptors (Lipinski definition) is 5. The van der Waals surface area contributed by atoms with Gasteiger partial charge in [0.2, 0.25) is 5.91 Å². The van der Waals surface area contributed by atoms with Crippen LogP contribution >= 0.6 is 11.3 Å². The Morgan fingerprint density at radius 1 is 1.17 bits per heavy atom. The maximum absolute atomic E-state index is 12.7. The highest BCUT2D eigenvalue weighted by Crippen LogP contribution is 2.34. The van der Waals surface area contributed by atoms with Gasteiger partial charge in [-0.05, 0) is 31.0 Å². The van der Waals surface area contributed by atoms with E-state index >= 15 is 0 Å². The first-order valence-corrected chi connectivity index (χ1v) is 11.5. The van der Waals surface area contributed by atoms with Gasteiger partial charge in [0.05, 0.1) is 26.3 Å². The molecule has 6 nitrogen and oxygen atoms in total. The smallest absolute Gasteiger partial charge is 0.226 e. The number of carbonyl (C=O) groups is 1. The van der Waals surface area contributed by atoms with E-state index in [0.29, 0.717) is 12.5 Å². The zero-order valence-electron chi connectivity index (χ0n) is 17.6. The number of amides is 1. The summed E-state index contributed by atoms with van der Waals surface area (Å²) in [4.78, 5) is 18.3. The minimum atomic E-state index is 0.0921. The van der Waals surface area contributed by atoms with Crippen LogP contribution in [-0.2, 0) is 11.2 Å². The zero-order valence-corrected chi connectivity index (χ0v) is 18.5. The lowest BCUT2D eigenvalue weighted by Crippen LogP contribution is -2.36. The van der Waals surface area contributed by atoms with Gasteiger partial charge in [-0.2, -0.15) is 0 Å². The summed E-state index contributed by atoms with van der Waals surface area (Å²) in [5.74, 6) is 1.58. The van der Waals surface area contributed by atoms with Gasteiger partial charge in [0, 0.05) is 28.9 Å². The lowest BCUT2D eigenvalue weighted by atomic mass is 9.96. The molecule has 2 aromatic heterocycles. The predicted octanol–water partition coefficient (Wildman–Crippen LogP) is 4.85. The van der Waals surface area contributed by atoms with Crippen molar-refractivity contribution in [3.63, 3.8) is 0 Å². The summed E-state index contributed by atoms with van der Waals surface area (Å²) >= 11 is 1.55. The van der Waals surface area contributed by atoms with Gasteiger partial charge in [-0.25, -0.2) is 4.98 Å². The average molecular weight is 428 g/mol. The molecule has 0 unspecified atom stereocenters. The number of nitrogens with zero attached hydrogens (tertiary/aromatic N) is 2. The second kappa shape index (κ2) is 9.51. The average Bonchev–Trinajstić information content (AvgIpc) is 3.31. The van der Waals surface area contributed by atoms with Crippen LogP contribution in [0.1, 0.15) is 50.6 Å². The highest BCUT2D eigenvalue weighted by atomic mass is 32.1. The fourth-order valence-electron chi connectivity index (χ4n) is 4.14. The molecule has 0 spiro atoms. The molecule has 1 fully saturated rings. The summed E-state index contributed by atoms with van der Waals surface area (Å²) in [6.45, 7) is 0. The quantitative estimate of drug-likeness (QED) is 0.611. The molecular weight excluding hydrogens is 398 g/mol. The molecule has 0 radical (unpaired) electrons. The fraction of sp³-hybridized carbons (Fsp3) is 0.478. The van der Waals surface area contributed by atoms with E-state index in [2.05, 4.69) is 5.32 Å². The second-order valence-corrected chi connectivity index (χ2v) is 8.69. The van der Waals surface area contributed by atoms with Crippen LogP contribution < -0.4 is 14.8 Å². The van der Waals surface area contributed by atoms with E-state index in [9.17, 15) is 4.79 Å². The number of thiazole rings is 1. The molecule has 0 atom stereocenters. The minimum absolute atomic E-state index is 0.0921. The van der Waals surface area contributed by atoms with Crippen molar-refractivity contribution < 1.29 is 14.3 Å². The lowest BCUT2D eigenvalue weighted by Gasteiger charge is -2.20. The highest BCUT2D eigenvalue weighted by molar-refractivity contribution is 7.15. The Morgan fingerprint density at radius 2 is 1.93 bits per heavy atom. The number of imidazole rings is 1. The van der Waals surface area contributed by atoms with Gasteiger partial charge in [-0.1, -0.05) is 32.1 Å². The molecule has 160 valence electrons. The Hall–Kier alpha value is -2.54. The Bertz CT molecular complexity index is 1000. The van der Waals surface area contributed by atoms with E-state index in [-0.39, 0.29) is 5.91 Å². The number of methoxy groups -OCH3 is 2. The van der Waals surface area contributed by atoms with Crippen molar-refractivity contribution in [2.45, 2.75) is 57.4 Å². The van der Waals surface area contributed by atoms with Crippen LogP contribution in [0.15, 0.2) is 29.8 Å². The first kappa shape index (κ1) is 20.7. The van der Waals surface area contributed by atoms with Crippen molar-refractivity contribution in [3.05, 3.63) is 35.5 Å². The van der Waals surface area contributed by atoms with Crippen LogP contribution in [0.5, 0.6) is 11.5 Å². The van der Waals surface area contributed by atoms with Crippen molar-refractivity contribution in [1.29, 1.82) is 0 Å². The molecule has 1 aliphatic rings. The van der Waals surface area contributed by atoms with Gasteiger partial charge in [0.25, 0.3) is 0 Å². The summed E-state index contributed by atoms with van der Waals surface area (Å²) in [7, 11) is 3.29. The van der Waals surface area contributed by atoms with Gasteiger partial charge in [-0.15, -0.1) is 11.3 Å². The summed E-state index contributed by atoms with van der Waals surface area (Å²) in [6.07, 6.45) is 10.8. The van der Waals surface area contributed by atoms with Gasteiger partial charge >= 0.3 is 0 Å². The molecular formula is C23H29N3O3S. The molecule has 0 aliphatic heterocycles. The Balaban J connectivity index is 1.51. The van der Waals surface area contributed by atoms with Crippen molar-refractivity contribution in [2.24, 2.45) is 0 Å². The number of fused-ring (bicyclic) bond motifs is 1. The van der Waals surface area contributed by atoms with Gasteiger partial charge in [-0.3, -0.25) is 9.20 Å². The lowest BCUT2D eigenvalue weighted by molar-refractivity contribution is -0.121. The molecule has 1 amide bonds. The van der Waals surface area contributed by atoms with E-state index in [0.717, 1.165) is 46.3 Å².